The molecule has 0 aliphatic carbocycles. The molecule has 1 aromatic rings. The number of nitrogens with zero attached hydrogens (tertiary/aromatic N) is 1. The summed E-state index contributed by atoms with van der Waals surface area (Å²) in [5.41, 5.74) is 0.751. The number of halogens is 2. The first-order valence-electron chi connectivity index (χ1n) is 7.39. The Balaban J connectivity index is 2.37. The molecule has 2 atom stereocenters. The number of aryl methyl sites for hydroxylation is 1. The van der Waals surface area contributed by atoms with Gasteiger partial charge in [-0.1, -0.05) is 20.8 Å². The van der Waals surface area contributed by atoms with Crippen LogP contribution >= 0.6 is 0 Å². The van der Waals surface area contributed by atoms with Crippen LogP contribution in [0.25, 0.3) is 0 Å². The molecule has 20 heavy (non-hydrogen) atoms. The Morgan fingerprint density at radius 3 is 2.60 bits per heavy atom. The summed E-state index contributed by atoms with van der Waals surface area (Å²) >= 11 is 0. The Hall–Kier alpha value is -1.16. The predicted molar refractivity (Wildman–Crippen MR) is 79.1 cm³/mol. The average Bonchev–Trinajstić information content (AvgIpc) is 2.42. The van der Waals surface area contributed by atoms with E-state index in [1.165, 1.54) is 12.1 Å². The first-order valence-corrected chi connectivity index (χ1v) is 7.39. The maximum absolute atomic E-state index is 14.3. The molecule has 0 bridgehead atoms. The molecule has 0 radical (unpaired) electrons. The van der Waals surface area contributed by atoms with Gasteiger partial charge in [0.25, 0.3) is 0 Å². The van der Waals surface area contributed by atoms with Gasteiger partial charge < -0.3 is 10.2 Å². The summed E-state index contributed by atoms with van der Waals surface area (Å²) < 4.78 is 28.1. The lowest BCUT2D eigenvalue weighted by molar-refractivity contribution is 0.330. The quantitative estimate of drug-likeness (QED) is 0.913. The topological polar surface area (TPSA) is 15.3 Å². The highest BCUT2D eigenvalue weighted by Gasteiger charge is 2.31. The average molecular weight is 282 g/mol. The molecule has 112 valence electrons. The maximum Gasteiger partial charge on any atom is 0.146 e. The number of hydrogen-bond acceptors (Lipinski definition) is 2. The molecule has 1 aromatic carbocycles. The van der Waals surface area contributed by atoms with E-state index in [1.54, 1.807) is 6.92 Å². The number of nitrogens with one attached hydrogen (secondary N) is 1. The molecular weight excluding hydrogens is 258 g/mol. The van der Waals surface area contributed by atoms with Gasteiger partial charge in [-0.3, -0.25) is 0 Å². The van der Waals surface area contributed by atoms with Crippen molar-refractivity contribution < 1.29 is 8.78 Å². The maximum atomic E-state index is 14.3. The Bertz CT molecular complexity index is 474. The van der Waals surface area contributed by atoms with E-state index in [2.05, 4.69) is 26.1 Å². The Labute approximate surface area is 120 Å². The number of piperazine rings is 1. The van der Waals surface area contributed by atoms with E-state index in [4.69, 9.17) is 0 Å². The highest BCUT2D eigenvalue weighted by molar-refractivity contribution is 5.51. The first-order chi connectivity index (χ1) is 9.43. The zero-order chi connectivity index (χ0) is 14.9. The van der Waals surface area contributed by atoms with Crippen molar-refractivity contribution in [3.63, 3.8) is 0 Å². The van der Waals surface area contributed by atoms with Gasteiger partial charge >= 0.3 is 0 Å². The van der Waals surface area contributed by atoms with Crippen LogP contribution in [0, 0.1) is 24.5 Å². The number of anilines is 1. The van der Waals surface area contributed by atoms with E-state index in [0.717, 1.165) is 19.5 Å². The zero-order valence-electron chi connectivity index (χ0n) is 12.7. The molecule has 1 N–H and O–H groups in total. The van der Waals surface area contributed by atoms with Crippen molar-refractivity contribution in [3.8, 4) is 0 Å². The minimum Gasteiger partial charge on any atom is -0.363 e. The van der Waals surface area contributed by atoms with Crippen LogP contribution in [0.15, 0.2) is 12.1 Å². The fourth-order valence-electron chi connectivity index (χ4n) is 2.84. The fourth-order valence-corrected chi connectivity index (χ4v) is 2.84. The van der Waals surface area contributed by atoms with Crippen molar-refractivity contribution in [2.24, 2.45) is 5.92 Å². The van der Waals surface area contributed by atoms with Crippen LogP contribution in [0.5, 0.6) is 0 Å². The molecule has 1 aliphatic heterocycles. The van der Waals surface area contributed by atoms with Gasteiger partial charge in [-0.25, -0.2) is 8.78 Å². The molecule has 1 heterocycles. The highest BCUT2D eigenvalue weighted by atomic mass is 19.1. The van der Waals surface area contributed by atoms with Crippen LogP contribution in [-0.4, -0.2) is 25.2 Å². The van der Waals surface area contributed by atoms with E-state index < -0.39 is 0 Å². The molecule has 2 rings (SSSR count). The third kappa shape index (κ3) is 2.95. The second-order valence-electron chi connectivity index (χ2n) is 6.03. The molecule has 4 heteroatoms. The molecular formula is C16H24F2N2. The van der Waals surface area contributed by atoms with Gasteiger partial charge in [0, 0.05) is 31.2 Å². The van der Waals surface area contributed by atoms with Crippen LogP contribution in [0.4, 0.5) is 14.5 Å². The fraction of sp³-hybridized carbons (Fsp3) is 0.625. The van der Waals surface area contributed by atoms with Gasteiger partial charge in [-0.15, -0.1) is 0 Å². The van der Waals surface area contributed by atoms with E-state index in [9.17, 15) is 8.78 Å². The standard InChI is InChI=1S/C16H24F2N2/c1-5-12-9-20(16(8-19-12)10(2)3)15-7-13(17)11(4)6-14(15)18/h6-7,10,12,16,19H,5,8-9H2,1-4H3. The summed E-state index contributed by atoms with van der Waals surface area (Å²) in [7, 11) is 0. The monoisotopic (exact) mass is 282 g/mol. The van der Waals surface area contributed by atoms with Gasteiger partial charge in [-0.2, -0.15) is 0 Å². The summed E-state index contributed by atoms with van der Waals surface area (Å²) in [5.74, 6) is -0.286. The molecule has 0 saturated carbocycles. The summed E-state index contributed by atoms with van der Waals surface area (Å²) in [6, 6.07) is 3.16. The molecule has 2 unspecified atom stereocenters. The van der Waals surface area contributed by atoms with E-state index in [0.29, 0.717) is 23.2 Å². The number of hydrogen-bond donors (Lipinski definition) is 1. The van der Waals surface area contributed by atoms with E-state index >= 15 is 0 Å². The van der Waals surface area contributed by atoms with Crippen LogP contribution in [-0.2, 0) is 0 Å². The van der Waals surface area contributed by atoms with Crippen molar-refractivity contribution in [2.45, 2.75) is 46.2 Å². The largest absolute Gasteiger partial charge is 0.363 e. The lowest BCUT2D eigenvalue weighted by atomic mass is 9.96. The molecule has 0 spiro atoms. The highest BCUT2D eigenvalue weighted by Crippen LogP contribution is 2.29. The van der Waals surface area contributed by atoms with Crippen molar-refractivity contribution >= 4 is 5.69 Å². The Kier molecular flexibility index (Phi) is 4.63. The third-order valence-corrected chi connectivity index (χ3v) is 4.23. The van der Waals surface area contributed by atoms with Crippen molar-refractivity contribution in [1.29, 1.82) is 0 Å². The Morgan fingerprint density at radius 1 is 1.30 bits per heavy atom. The van der Waals surface area contributed by atoms with E-state index in [1.807, 2.05) is 4.90 Å². The lowest BCUT2D eigenvalue weighted by Gasteiger charge is -2.44. The first kappa shape index (κ1) is 15.2. The van der Waals surface area contributed by atoms with Crippen molar-refractivity contribution in [3.05, 3.63) is 29.3 Å². The predicted octanol–water partition coefficient (Wildman–Crippen LogP) is 3.49. The molecule has 1 aliphatic rings. The lowest BCUT2D eigenvalue weighted by Crippen LogP contribution is -2.58. The number of rotatable bonds is 3. The van der Waals surface area contributed by atoms with E-state index in [-0.39, 0.29) is 17.7 Å². The van der Waals surface area contributed by atoms with Crippen molar-refractivity contribution in [2.75, 3.05) is 18.0 Å². The smallest absolute Gasteiger partial charge is 0.146 e. The van der Waals surface area contributed by atoms with Gasteiger partial charge in [0.1, 0.15) is 11.6 Å². The normalized spacial score (nSPS) is 23.4. The van der Waals surface area contributed by atoms with Crippen LogP contribution in [0.2, 0.25) is 0 Å². The molecule has 2 nitrogen and oxygen atoms in total. The summed E-state index contributed by atoms with van der Waals surface area (Å²) in [4.78, 5) is 2.03. The van der Waals surface area contributed by atoms with Crippen molar-refractivity contribution in [1.82, 2.24) is 5.32 Å². The summed E-state index contributed by atoms with van der Waals surface area (Å²) in [6.07, 6.45) is 0.983. The summed E-state index contributed by atoms with van der Waals surface area (Å²) in [5, 5.41) is 3.49. The second-order valence-corrected chi connectivity index (χ2v) is 6.03. The summed E-state index contributed by atoms with van der Waals surface area (Å²) in [6.45, 7) is 9.47. The number of benzene rings is 1. The minimum absolute atomic E-state index is 0.189. The third-order valence-electron chi connectivity index (χ3n) is 4.23. The minimum atomic E-state index is -0.338. The zero-order valence-corrected chi connectivity index (χ0v) is 12.7. The Morgan fingerprint density at radius 2 is 2.00 bits per heavy atom. The van der Waals surface area contributed by atoms with Crippen LogP contribution in [0.1, 0.15) is 32.8 Å². The van der Waals surface area contributed by atoms with Gasteiger partial charge in [0.15, 0.2) is 0 Å². The molecule has 0 aromatic heterocycles. The molecule has 1 saturated heterocycles. The SMILES string of the molecule is CCC1CN(c2cc(F)c(C)cc2F)C(C(C)C)CN1. The van der Waals surface area contributed by atoms with Crippen LogP contribution in [0.3, 0.4) is 0 Å². The van der Waals surface area contributed by atoms with Gasteiger partial charge in [0.2, 0.25) is 0 Å². The van der Waals surface area contributed by atoms with Gasteiger partial charge in [0.05, 0.1) is 5.69 Å². The molecule has 1 fully saturated rings. The van der Waals surface area contributed by atoms with Gasteiger partial charge in [-0.05, 0) is 30.9 Å². The molecule has 0 amide bonds. The van der Waals surface area contributed by atoms with Crippen LogP contribution < -0.4 is 10.2 Å². The second kappa shape index (κ2) is 6.08.